The van der Waals surface area contributed by atoms with Gasteiger partial charge in [0.05, 0.1) is 18.8 Å². The molecule has 0 heterocycles. The Morgan fingerprint density at radius 2 is 0.629 bits per heavy atom. The fraction of sp³-hybridized carbons (Fsp3) is 0.712. The molecule has 3 N–H and O–H groups in total. The molecular formula is C66H115NO3. The Labute approximate surface area is 436 Å². The van der Waals surface area contributed by atoms with Crippen LogP contribution in [0.15, 0.2) is 109 Å². The monoisotopic (exact) mass is 970 g/mol. The Kier molecular flexibility index (Phi) is 57.8. The van der Waals surface area contributed by atoms with Crippen molar-refractivity contribution >= 4 is 5.91 Å². The fourth-order valence-corrected chi connectivity index (χ4v) is 8.77. The van der Waals surface area contributed by atoms with Crippen LogP contribution in [0.2, 0.25) is 0 Å². The third-order valence-corrected chi connectivity index (χ3v) is 13.3. The number of carbonyl (C=O) groups is 1. The number of hydrogen-bond donors (Lipinski definition) is 3. The first-order valence-corrected chi connectivity index (χ1v) is 30.1. The lowest BCUT2D eigenvalue weighted by Crippen LogP contribution is -2.45. The molecule has 0 saturated heterocycles. The highest BCUT2D eigenvalue weighted by atomic mass is 16.3. The van der Waals surface area contributed by atoms with Crippen LogP contribution >= 0.6 is 0 Å². The molecule has 0 rings (SSSR count). The van der Waals surface area contributed by atoms with Crippen molar-refractivity contribution in [1.82, 2.24) is 5.32 Å². The topological polar surface area (TPSA) is 69.6 Å². The highest BCUT2D eigenvalue weighted by Crippen LogP contribution is 2.17. The number of hydrogen-bond acceptors (Lipinski definition) is 3. The largest absolute Gasteiger partial charge is 0.394 e. The van der Waals surface area contributed by atoms with E-state index < -0.39 is 12.1 Å². The molecule has 1 amide bonds. The standard InChI is InChI=1S/C66H115NO3/c1-3-5-7-9-11-13-15-17-19-21-23-25-27-29-31-32-33-34-36-38-40-42-44-46-48-50-52-54-56-58-60-62-66(70)67-64(63-68)65(69)61-59-57-55-53-51-49-47-45-43-41-39-37-35-30-28-26-24-22-20-18-16-14-12-10-8-6-4-2/h5,7,11,13,17,19,23,25,29,31,33-34,38,40,44,46,50,52,64-65,68-69H,3-4,6,8-10,12,14-16,18,20-22,24,26-28,30,32,35-37,39,41-43,45,47-49,51,53-63H2,1-2H3,(H,67,70)/b7-5-,13-11-,19-17-,25-23-,31-29-,34-33-,40-38-,46-44-,52-50-. The van der Waals surface area contributed by atoms with Gasteiger partial charge in [0.25, 0.3) is 0 Å². The van der Waals surface area contributed by atoms with E-state index in [1.54, 1.807) is 0 Å². The molecule has 0 aromatic rings. The highest BCUT2D eigenvalue weighted by Gasteiger charge is 2.20. The van der Waals surface area contributed by atoms with Crippen molar-refractivity contribution in [2.75, 3.05) is 6.61 Å². The van der Waals surface area contributed by atoms with Gasteiger partial charge >= 0.3 is 0 Å². The molecule has 4 heteroatoms. The molecule has 0 aliphatic carbocycles. The van der Waals surface area contributed by atoms with E-state index in [4.69, 9.17) is 0 Å². The second-order valence-electron chi connectivity index (χ2n) is 20.0. The van der Waals surface area contributed by atoms with E-state index in [2.05, 4.69) is 129 Å². The number of carbonyl (C=O) groups excluding carboxylic acids is 1. The first-order valence-electron chi connectivity index (χ1n) is 30.1. The lowest BCUT2D eigenvalue weighted by molar-refractivity contribution is -0.123. The van der Waals surface area contributed by atoms with Crippen molar-refractivity contribution in [3.05, 3.63) is 109 Å². The Bertz CT molecular complexity index is 1330. The summed E-state index contributed by atoms with van der Waals surface area (Å²) in [7, 11) is 0. The first kappa shape index (κ1) is 67.0. The molecule has 0 bridgehead atoms. The number of amides is 1. The van der Waals surface area contributed by atoms with E-state index in [9.17, 15) is 15.0 Å². The maximum Gasteiger partial charge on any atom is 0.220 e. The number of unbranched alkanes of at least 4 members (excludes halogenated alkanes) is 29. The van der Waals surface area contributed by atoms with Gasteiger partial charge in [-0.2, -0.15) is 0 Å². The molecule has 4 nitrogen and oxygen atoms in total. The number of aliphatic hydroxyl groups excluding tert-OH is 2. The van der Waals surface area contributed by atoms with Crippen molar-refractivity contribution in [3.8, 4) is 0 Å². The molecule has 0 aromatic heterocycles. The third-order valence-electron chi connectivity index (χ3n) is 13.3. The minimum Gasteiger partial charge on any atom is -0.394 e. The average Bonchev–Trinajstić information content (AvgIpc) is 3.36. The van der Waals surface area contributed by atoms with Crippen LogP contribution in [0.25, 0.3) is 0 Å². The second-order valence-corrected chi connectivity index (χ2v) is 20.0. The number of aliphatic hydroxyl groups is 2. The van der Waals surface area contributed by atoms with E-state index in [-0.39, 0.29) is 12.5 Å². The van der Waals surface area contributed by atoms with Crippen molar-refractivity contribution in [2.24, 2.45) is 0 Å². The molecule has 402 valence electrons. The lowest BCUT2D eigenvalue weighted by atomic mass is 10.0. The van der Waals surface area contributed by atoms with Crippen molar-refractivity contribution in [3.63, 3.8) is 0 Å². The fourth-order valence-electron chi connectivity index (χ4n) is 8.77. The van der Waals surface area contributed by atoms with Gasteiger partial charge in [0.1, 0.15) is 0 Å². The minimum atomic E-state index is -0.684. The molecule has 2 unspecified atom stereocenters. The Morgan fingerprint density at radius 1 is 0.357 bits per heavy atom. The predicted molar refractivity (Wildman–Crippen MR) is 313 cm³/mol. The summed E-state index contributed by atoms with van der Waals surface area (Å²) in [4.78, 5) is 12.5. The van der Waals surface area contributed by atoms with Gasteiger partial charge in [0, 0.05) is 6.42 Å². The second kappa shape index (κ2) is 60.4. The van der Waals surface area contributed by atoms with Crippen LogP contribution in [0, 0.1) is 0 Å². The van der Waals surface area contributed by atoms with Gasteiger partial charge < -0.3 is 15.5 Å². The molecule has 0 fully saturated rings. The van der Waals surface area contributed by atoms with Crippen LogP contribution < -0.4 is 5.32 Å². The molecule has 0 spiro atoms. The highest BCUT2D eigenvalue weighted by molar-refractivity contribution is 5.76. The summed E-state index contributed by atoms with van der Waals surface area (Å²) in [6.07, 6.45) is 90.8. The summed E-state index contributed by atoms with van der Waals surface area (Å²) in [6, 6.07) is -0.564. The number of allylic oxidation sites excluding steroid dienone is 18. The van der Waals surface area contributed by atoms with E-state index >= 15 is 0 Å². The third kappa shape index (κ3) is 56.0. The van der Waals surface area contributed by atoms with Gasteiger partial charge in [-0.1, -0.05) is 303 Å². The zero-order valence-corrected chi connectivity index (χ0v) is 46.3. The van der Waals surface area contributed by atoms with Crippen LogP contribution in [0.4, 0.5) is 0 Å². The molecule has 0 aliphatic heterocycles. The molecule has 0 radical (unpaired) electrons. The molecule has 0 aromatic carbocycles. The predicted octanol–water partition coefficient (Wildman–Crippen LogP) is 20.3. The summed E-state index contributed by atoms with van der Waals surface area (Å²) >= 11 is 0. The smallest absolute Gasteiger partial charge is 0.220 e. The van der Waals surface area contributed by atoms with E-state index in [0.717, 1.165) is 96.3 Å². The Balaban J connectivity index is 3.59. The minimum absolute atomic E-state index is 0.0644. The molecule has 70 heavy (non-hydrogen) atoms. The zero-order chi connectivity index (χ0) is 50.6. The Morgan fingerprint density at radius 3 is 0.929 bits per heavy atom. The maximum atomic E-state index is 12.5. The van der Waals surface area contributed by atoms with Gasteiger partial charge in [0.2, 0.25) is 5.91 Å². The van der Waals surface area contributed by atoms with E-state index in [0.29, 0.717) is 12.8 Å². The van der Waals surface area contributed by atoms with Gasteiger partial charge in [-0.05, 0) is 83.5 Å². The quantitative estimate of drug-likeness (QED) is 0.0420. The van der Waals surface area contributed by atoms with Crippen molar-refractivity contribution < 1.29 is 15.0 Å². The molecular weight excluding hydrogens is 855 g/mol. The van der Waals surface area contributed by atoms with Gasteiger partial charge in [-0.25, -0.2) is 0 Å². The molecule has 0 aliphatic rings. The summed E-state index contributed by atoms with van der Waals surface area (Å²) in [5.41, 5.74) is 0. The summed E-state index contributed by atoms with van der Waals surface area (Å²) in [5, 5.41) is 23.4. The first-order chi connectivity index (χ1) is 34.7. The van der Waals surface area contributed by atoms with Crippen molar-refractivity contribution in [1.29, 1.82) is 0 Å². The number of nitrogens with one attached hydrogen (secondary N) is 1. The molecule has 2 atom stereocenters. The number of rotatable bonds is 54. The maximum absolute atomic E-state index is 12.5. The van der Waals surface area contributed by atoms with Crippen LogP contribution in [0.1, 0.15) is 284 Å². The lowest BCUT2D eigenvalue weighted by Gasteiger charge is -2.22. The summed E-state index contributed by atoms with van der Waals surface area (Å²) in [6.45, 7) is 4.25. The summed E-state index contributed by atoms with van der Waals surface area (Å²) < 4.78 is 0. The van der Waals surface area contributed by atoms with Crippen LogP contribution in [-0.2, 0) is 4.79 Å². The normalized spacial score (nSPS) is 13.6. The van der Waals surface area contributed by atoms with E-state index in [1.807, 2.05) is 0 Å². The van der Waals surface area contributed by atoms with Gasteiger partial charge in [0.15, 0.2) is 0 Å². The molecule has 0 saturated carbocycles. The zero-order valence-electron chi connectivity index (χ0n) is 46.3. The van der Waals surface area contributed by atoms with Crippen LogP contribution in [-0.4, -0.2) is 34.9 Å². The van der Waals surface area contributed by atoms with Gasteiger partial charge in [-0.3, -0.25) is 4.79 Å². The van der Waals surface area contributed by atoms with Crippen molar-refractivity contribution in [2.45, 2.75) is 296 Å². The van der Waals surface area contributed by atoms with Gasteiger partial charge in [-0.15, -0.1) is 0 Å². The SMILES string of the molecule is CC/C=C\C/C=C\C/C=C\C/C=C\C/C=C\C/C=C\C/C=C\C/C=C\C/C=C\CCCCCC(=O)NC(CO)C(O)CCCCCCCCCCCCCCCCCCCCCCCCCCCCC. The van der Waals surface area contributed by atoms with E-state index in [1.165, 1.54) is 161 Å². The van der Waals surface area contributed by atoms with Crippen LogP contribution in [0.5, 0.6) is 0 Å². The summed E-state index contributed by atoms with van der Waals surface area (Å²) in [5.74, 6) is -0.0644. The average molecular weight is 971 g/mol. The van der Waals surface area contributed by atoms with Crippen LogP contribution in [0.3, 0.4) is 0 Å². The Hall–Kier alpha value is -2.95.